The Balaban J connectivity index is 2.57. The Bertz CT molecular complexity index is 218. The van der Waals surface area contributed by atoms with Gasteiger partial charge >= 0.3 is 0 Å². The van der Waals surface area contributed by atoms with Crippen molar-refractivity contribution in [3.8, 4) is 0 Å². The minimum absolute atomic E-state index is 0.0402. The summed E-state index contributed by atoms with van der Waals surface area (Å²) in [5.74, 6) is 0. The van der Waals surface area contributed by atoms with Gasteiger partial charge in [0.15, 0.2) is 0 Å². The summed E-state index contributed by atoms with van der Waals surface area (Å²) in [5.41, 5.74) is -0.0402. The van der Waals surface area contributed by atoms with E-state index in [1.54, 1.807) is 0 Å². The summed E-state index contributed by atoms with van der Waals surface area (Å²) in [7, 11) is 1.81. The van der Waals surface area contributed by atoms with Crippen molar-refractivity contribution < 1.29 is 4.74 Å². The Morgan fingerprint density at radius 2 is 2.06 bits per heavy atom. The zero-order chi connectivity index (χ0) is 12.9. The van der Waals surface area contributed by atoms with Crippen molar-refractivity contribution in [1.82, 2.24) is 10.2 Å². The van der Waals surface area contributed by atoms with Gasteiger partial charge in [0.25, 0.3) is 0 Å². The number of rotatable bonds is 6. The van der Waals surface area contributed by atoms with Crippen molar-refractivity contribution in [2.75, 3.05) is 26.7 Å². The van der Waals surface area contributed by atoms with Gasteiger partial charge in [-0.15, -0.1) is 0 Å². The molecule has 0 aromatic heterocycles. The molecule has 17 heavy (non-hydrogen) atoms. The molecule has 102 valence electrons. The third kappa shape index (κ3) is 4.57. The summed E-state index contributed by atoms with van der Waals surface area (Å²) in [6, 6.07) is 1.33. The number of hydrogen-bond acceptors (Lipinski definition) is 3. The lowest BCUT2D eigenvalue weighted by Gasteiger charge is -2.43. The second kappa shape index (κ2) is 6.72. The first-order chi connectivity index (χ1) is 8.02. The molecule has 0 amide bonds. The van der Waals surface area contributed by atoms with E-state index >= 15 is 0 Å². The van der Waals surface area contributed by atoms with E-state index in [9.17, 15) is 0 Å². The molecule has 1 aliphatic rings. The van der Waals surface area contributed by atoms with E-state index in [-0.39, 0.29) is 5.60 Å². The third-order valence-electron chi connectivity index (χ3n) is 3.86. The molecular weight excluding hydrogens is 212 g/mol. The maximum Gasteiger partial charge on any atom is 0.0749 e. The van der Waals surface area contributed by atoms with Gasteiger partial charge < -0.3 is 10.1 Å². The van der Waals surface area contributed by atoms with E-state index in [2.05, 4.69) is 37.9 Å². The molecular formula is C14H30N2O. The van der Waals surface area contributed by atoms with Gasteiger partial charge in [-0.05, 0) is 26.7 Å². The Hall–Kier alpha value is -0.120. The molecule has 1 saturated heterocycles. The van der Waals surface area contributed by atoms with Crippen LogP contribution in [0.2, 0.25) is 0 Å². The van der Waals surface area contributed by atoms with Crippen molar-refractivity contribution in [2.24, 2.45) is 0 Å². The first-order valence-corrected chi connectivity index (χ1v) is 7.05. The molecule has 3 nitrogen and oxygen atoms in total. The maximum atomic E-state index is 5.57. The fourth-order valence-electron chi connectivity index (χ4n) is 2.62. The number of methoxy groups -OCH3 is 1. The van der Waals surface area contributed by atoms with Gasteiger partial charge in [-0.25, -0.2) is 0 Å². The second-order valence-corrected chi connectivity index (χ2v) is 5.85. The monoisotopic (exact) mass is 242 g/mol. The Kier molecular flexibility index (Phi) is 5.90. The molecule has 3 heteroatoms. The van der Waals surface area contributed by atoms with Gasteiger partial charge in [0.05, 0.1) is 5.60 Å². The van der Waals surface area contributed by atoms with Gasteiger partial charge in [-0.3, -0.25) is 4.90 Å². The highest BCUT2D eigenvalue weighted by molar-refractivity contribution is 4.88. The van der Waals surface area contributed by atoms with E-state index in [0.717, 1.165) is 13.1 Å². The van der Waals surface area contributed by atoms with E-state index < -0.39 is 0 Å². The summed E-state index contributed by atoms with van der Waals surface area (Å²) in [5, 5.41) is 3.67. The largest absolute Gasteiger partial charge is 0.377 e. The standard InChI is InChI=1S/C14H30N2O/c1-6-8-12-10-16(11-14(3,4)17-5)13(7-2)9-15-12/h12-13,15H,6-11H2,1-5H3. The van der Waals surface area contributed by atoms with Crippen LogP contribution >= 0.6 is 0 Å². The average Bonchev–Trinajstić information content (AvgIpc) is 2.29. The number of nitrogens with zero attached hydrogens (tertiary/aromatic N) is 1. The van der Waals surface area contributed by atoms with Crippen LogP contribution in [0.15, 0.2) is 0 Å². The lowest BCUT2D eigenvalue weighted by atomic mass is 10.0. The molecule has 2 atom stereocenters. The molecule has 0 radical (unpaired) electrons. The highest BCUT2D eigenvalue weighted by Crippen LogP contribution is 2.18. The molecule has 1 aliphatic heterocycles. The van der Waals surface area contributed by atoms with Crippen LogP contribution in [0.3, 0.4) is 0 Å². The molecule has 1 rings (SSSR count). The van der Waals surface area contributed by atoms with Crippen LogP contribution in [0.5, 0.6) is 0 Å². The average molecular weight is 242 g/mol. The summed E-state index contributed by atoms with van der Waals surface area (Å²) in [6.07, 6.45) is 3.75. The van der Waals surface area contributed by atoms with Crippen LogP contribution in [0.1, 0.15) is 47.0 Å². The summed E-state index contributed by atoms with van der Waals surface area (Å²) >= 11 is 0. The molecule has 1 N–H and O–H groups in total. The van der Waals surface area contributed by atoms with E-state index in [0.29, 0.717) is 12.1 Å². The van der Waals surface area contributed by atoms with Crippen molar-refractivity contribution in [2.45, 2.75) is 64.6 Å². The lowest BCUT2D eigenvalue weighted by molar-refractivity contribution is -0.0277. The van der Waals surface area contributed by atoms with Crippen molar-refractivity contribution >= 4 is 0 Å². The molecule has 1 heterocycles. The van der Waals surface area contributed by atoms with E-state index in [1.807, 2.05) is 7.11 Å². The molecule has 0 aromatic rings. The predicted octanol–water partition coefficient (Wildman–Crippen LogP) is 2.26. The minimum atomic E-state index is -0.0402. The van der Waals surface area contributed by atoms with Gasteiger partial charge in [0, 0.05) is 38.8 Å². The Labute approximate surface area is 107 Å². The van der Waals surface area contributed by atoms with Crippen LogP contribution in [-0.4, -0.2) is 49.3 Å². The SMILES string of the molecule is CCCC1CN(CC(C)(C)OC)C(CC)CN1. The summed E-state index contributed by atoms with van der Waals surface area (Å²) < 4.78 is 5.57. The molecule has 0 aliphatic carbocycles. The van der Waals surface area contributed by atoms with Crippen LogP contribution in [-0.2, 0) is 4.74 Å². The number of hydrogen-bond donors (Lipinski definition) is 1. The van der Waals surface area contributed by atoms with Crippen LogP contribution in [0, 0.1) is 0 Å². The third-order valence-corrected chi connectivity index (χ3v) is 3.86. The summed E-state index contributed by atoms with van der Waals surface area (Å²) in [4.78, 5) is 2.61. The Morgan fingerprint density at radius 3 is 2.59 bits per heavy atom. The Morgan fingerprint density at radius 1 is 1.35 bits per heavy atom. The van der Waals surface area contributed by atoms with Gasteiger partial charge in [-0.1, -0.05) is 20.3 Å². The summed E-state index contributed by atoms with van der Waals surface area (Å²) in [6.45, 7) is 12.2. The first kappa shape index (κ1) is 14.9. The molecule has 2 unspecified atom stereocenters. The van der Waals surface area contributed by atoms with Gasteiger partial charge in [0.1, 0.15) is 0 Å². The molecule has 1 fully saturated rings. The molecule has 0 aromatic carbocycles. The highest BCUT2D eigenvalue weighted by Gasteiger charge is 2.30. The molecule has 0 spiro atoms. The fraction of sp³-hybridized carbons (Fsp3) is 1.00. The highest BCUT2D eigenvalue weighted by atomic mass is 16.5. The van der Waals surface area contributed by atoms with Gasteiger partial charge in [0.2, 0.25) is 0 Å². The number of nitrogens with one attached hydrogen (secondary N) is 1. The van der Waals surface area contributed by atoms with Crippen LogP contribution in [0.25, 0.3) is 0 Å². The van der Waals surface area contributed by atoms with E-state index in [4.69, 9.17) is 4.74 Å². The van der Waals surface area contributed by atoms with Crippen molar-refractivity contribution in [1.29, 1.82) is 0 Å². The van der Waals surface area contributed by atoms with Crippen LogP contribution < -0.4 is 5.32 Å². The zero-order valence-corrected chi connectivity index (χ0v) is 12.3. The predicted molar refractivity (Wildman–Crippen MR) is 73.4 cm³/mol. The van der Waals surface area contributed by atoms with E-state index in [1.165, 1.54) is 25.8 Å². The van der Waals surface area contributed by atoms with Crippen molar-refractivity contribution in [3.63, 3.8) is 0 Å². The zero-order valence-electron chi connectivity index (χ0n) is 12.3. The van der Waals surface area contributed by atoms with Crippen LogP contribution in [0.4, 0.5) is 0 Å². The first-order valence-electron chi connectivity index (χ1n) is 7.05. The quantitative estimate of drug-likeness (QED) is 0.773. The maximum absolute atomic E-state index is 5.57. The lowest BCUT2D eigenvalue weighted by Crippen LogP contribution is -2.59. The minimum Gasteiger partial charge on any atom is -0.377 e. The number of piperazine rings is 1. The topological polar surface area (TPSA) is 24.5 Å². The number of ether oxygens (including phenoxy) is 1. The molecule has 0 bridgehead atoms. The smallest absolute Gasteiger partial charge is 0.0749 e. The normalized spacial score (nSPS) is 27.4. The van der Waals surface area contributed by atoms with Gasteiger partial charge in [-0.2, -0.15) is 0 Å². The second-order valence-electron chi connectivity index (χ2n) is 5.85. The van der Waals surface area contributed by atoms with Crippen molar-refractivity contribution in [3.05, 3.63) is 0 Å². The fourth-order valence-corrected chi connectivity index (χ4v) is 2.62. The molecule has 0 saturated carbocycles.